The zero-order valence-corrected chi connectivity index (χ0v) is 12.0. The van der Waals surface area contributed by atoms with Gasteiger partial charge in [0.15, 0.2) is 0 Å². The Kier molecular flexibility index (Phi) is 4.51. The Labute approximate surface area is 115 Å². The van der Waals surface area contributed by atoms with Gasteiger partial charge >= 0.3 is 5.97 Å². The van der Waals surface area contributed by atoms with E-state index in [0.717, 1.165) is 51.4 Å². The van der Waals surface area contributed by atoms with E-state index in [1.807, 2.05) is 7.05 Å². The second-order valence-electron chi connectivity index (χ2n) is 6.64. The molecule has 0 aliphatic heterocycles. The van der Waals surface area contributed by atoms with Crippen LogP contribution in [0.5, 0.6) is 0 Å². The lowest BCUT2D eigenvalue weighted by Crippen LogP contribution is -2.54. The highest BCUT2D eigenvalue weighted by atomic mass is 16.4. The van der Waals surface area contributed by atoms with Gasteiger partial charge in [0.05, 0.1) is 12.0 Å². The molecule has 4 heteroatoms. The number of hydrogen-bond acceptors (Lipinski definition) is 3. The molecule has 2 aliphatic carbocycles. The second kappa shape index (κ2) is 5.80. The summed E-state index contributed by atoms with van der Waals surface area (Å²) in [6.07, 6.45) is 9.44. The van der Waals surface area contributed by atoms with Gasteiger partial charge in [-0.15, -0.1) is 0 Å². The molecule has 0 bridgehead atoms. The predicted molar refractivity (Wildman–Crippen MR) is 74.1 cm³/mol. The lowest BCUT2D eigenvalue weighted by Gasteiger charge is -2.46. The fraction of sp³-hybridized carbons (Fsp3) is 0.933. The number of hydrogen-bond donors (Lipinski definition) is 2. The van der Waals surface area contributed by atoms with Crippen LogP contribution in [0.15, 0.2) is 0 Å². The van der Waals surface area contributed by atoms with Gasteiger partial charge in [-0.25, -0.2) is 0 Å². The van der Waals surface area contributed by atoms with E-state index in [9.17, 15) is 15.0 Å². The van der Waals surface area contributed by atoms with Crippen molar-refractivity contribution in [3.63, 3.8) is 0 Å². The zero-order chi connectivity index (χ0) is 13.9. The highest BCUT2D eigenvalue weighted by Crippen LogP contribution is 2.38. The summed E-state index contributed by atoms with van der Waals surface area (Å²) in [7, 11) is 2.00. The van der Waals surface area contributed by atoms with E-state index in [1.54, 1.807) is 0 Å². The molecule has 0 amide bonds. The van der Waals surface area contributed by atoms with E-state index < -0.39 is 11.6 Å². The van der Waals surface area contributed by atoms with E-state index in [-0.39, 0.29) is 12.0 Å². The first-order chi connectivity index (χ1) is 8.96. The van der Waals surface area contributed by atoms with Crippen LogP contribution in [0.4, 0.5) is 0 Å². The first-order valence-corrected chi connectivity index (χ1v) is 7.61. The number of carboxylic acid groups (broad SMARTS) is 1. The van der Waals surface area contributed by atoms with Crippen molar-refractivity contribution < 1.29 is 15.0 Å². The predicted octanol–water partition coefficient (Wildman–Crippen LogP) is 2.40. The fourth-order valence-electron chi connectivity index (χ4n) is 3.99. The third kappa shape index (κ3) is 3.48. The van der Waals surface area contributed by atoms with Crippen molar-refractivity contribution in [2.24, 2.45) is 0 Å². The van der Waals surface area contributed by atoms with Gasteiger partial charge in [0.2, 0.25) is 0 Å². The molecular formula is C15H27NO3. The quantitative estimate of drug-likeness (QED) is 0.804. The highest BCUT2D eigenvalue weighted by Gasteiger charge is 2.42. The van der Waals surface area contributed by atoms with E-state index in [1.165, 1.54) is 6.42 Å². The lowest BCUT2D eigenvalue weighted by molar-refractivity contribution is -0.142. The topological polar surface area (TPSA) is 60.8 Å². The van der Waals surface area contributed by atoms with Crippen LogP contribution in [0, 0.1) is 0 Å². The maximum atomic E-state index is 11.2. The molecule has 2 N–H and O–H groups in total. The Morgan fingerprint density at radius 3 is 2.11 bits per heavy atom. The van der Waals surface area contributed by atoms with Crippen molar-refractivity contribution in [3.8, 4) is 0 Å². The molecule has 2 saturated carbocycles. The summed E-state index contributed by atoms with van der Waals surface area (Å²) < 4.78 is 0. The number of nitrogens with zero attached hydrogens (tertiary/aromatic N) is 1. The minimum atomic E-state index is -0.716. The maximum absolute atomic E-state index is 11.2. The number of aliphatic carboxylic acids is 1. The van der Waals surface area contributed by atoms with E-state index in [4.69, 9.17) is 0 Å². The van der Waals surface area contributed by atoms with Gasteiger partial charge in [0, 0.05) is 12.1 Å². The number of likely N-dealkylation sites (N-methyl/N-ethyl adjacent to an activating group) is 1. The molecule has 0 saturated heterocycles. The van der Waals surface area contributed by atoms with Crippen LogP contribution >= 0.6 is 0 Å². The van der Waals surface area contributed by atoms with Crippen LogP contribution in [0.2, 0.25) is 0 Å². The summed E-state index contributed by atoms with van der Waals surface area (Å²) in [6, 6.07) is 0. The summed E-state index contributed by atoms with van der Waals surface area (Å²) in [6.45, 7) is 0.625. The Hall–Kier alpha value is -0.610. The number of aliphatic hydroxyl groups is 1. The molecule has 0 spiro atoms. The van der Waals surface area contributed by atoms with Gasteiger partial charge in [0.25, 0.3) is 0 Å². The van der Waals surface area contributed by atoms with Crippen LogP contribution < -0.4 is 0 Å². The Bertz CT molecular complexity index is 317. The molecule has 0 radical (unpaired) electrons. The smallest absolute Gasteiger partial charge is 0.305 e. The van der Waals surface area contributed by atoms with Crippen LogP contribution in [0.1, 0.15) is 64.2 Å². The molecule has 2 aliphatic rings. The average molecular weight is 269 g/mol. The molecule has 0 aromatic rings. The van der Waals surface area contributed by atoms with Crippen LogP contribution in [-0.2, 0) is 4.79 Å². The molecule has 2 fully saturated rings. The SMILES string of the molecule is CN(CC1(O)CCCC1)C1(CC(=O)O)CCCCC1. The largest absolute Gasteiger partial charge is 0.481 e. The minimum absolute atomic E-state index is 0.208. The molecule has 0 heterocycles. The van der Waals surface area contributed by atoms with Crippen molar-refractivity contribution in [3.05, 3.63) is 0 Å². The van der Waals surface area contributed by atoms with Crippen molar-refractivity contribution >= 4 is 5.97 Å². The summed E-state index contributed by atoms with van der Waals surface area (Å²) in [5.41, 5.74) is -0.819. The Morgan fingerprint density at radius 2 is 1.58 bits per heavy atom. The van der Waals surface area contributed by atoms with Gasteiger partial charge < -0.3 is 10.2 Å². The molecule has 2 rings (SSSR count). The highest BCUT2D eigenvalue weighted by molar-refractivity contribution is 5.68. The van der Waals surface area contributed by atoms with Crippen LogP contribution in [-0.4, -0.2) is 45.8 Å². The third-order valence-corrected chi connectivity index (χ3v) is 5.14. The number of carboxylic acids is 1. The summed E-state index contributed by atoms with van der Waals surface area (Å²) >= 11 is 0. The number of β-amino-alcohol motifs (C(OH)–C–C–N with tert-alkyl or cyclic N) is 1. The van der Waals surface area contributed by atoms with Gasteiger partial charge in [-0.05, 0) is 32.7 Å². The zero-order valence-electron chi connectivity index (χ0n) is 12.0. The van der Waals surface area contributed by atoms with E-state index >= 15 is 0 Å². The summed E-state index contributed by atoms with van der Waals surface area (Å²) in [5.74, 6) is -0.716. The third-order valence-electron chi connectivity index (χ3n) is 5.14. The minimum Gasteiger partial charge on any atom is -0.481 e. The normalized spacial score (nSPS) is 25.6. The standard InChI is InChI=1S/C15H27NO3/c1-16(12-15(19)9-5-6-10-15)14(11-13(17)18)7-3-2-4-8-14/h19H,2-12H2,1H3,(H,17,18). The maximum Gasteiger partial charge on any atom is 0.305 e. The van der Waals surface area contributed by atoms with Crippen molar-refractivity contribution in [2.45, 2.75) is 75.3 Å². The molecule has 0 aromatic heterocycles. The molecule has 110 valence electrons. The Balaban J connectivity index is 2.06. The summed E-state index contributed by atoms with van der Waals surface area (Å²) in [4.78, 5) is 13.4. The van der Waals surface area contributed by atoms with Gasteiger partial charge in [-0.1, -0.05) is 32.1 Å². The molecule has 19 heavy (non-hydrogen) atoms. The second-order valence-corrected chi connectivity index (χ2v) is 6.64. The fourth-order valence-corrected chi connectivity index (χ4v) is 3.99. The molecule has 4 nitrogen and oxygen atoms in total. The van der Waals surface area contributed by atoms with Crippen LogP contribution in [0.3, 0.4) is 0 Å². The Morgan fingerprint density at radius 1 is 1.05 bits per heavy atom. The first kappa shape index (κ1) is 14.8. The van der Waals surface area contributed by atoms with E-state index in [0.29, 0.717) is 6.54 Å². The molecule has 0 atom stereocenters. The molecule has 0 unspecified atom stereocenters. The first-order valence-electron chi connectivity index (χ1n) is 7.61. The van der Waals surface area contributed by atoms with Crippen molar-refractivity contribution in [1.82, 2.24) is 4.90 Å². The lowest BCUT2D eigenvalue weighted by atomic mass is 9.77. The van der Waals surface area contributed by atoms with Gasteiger partial charge in [0.1, 0.15) is 0 Å². The molecule has 0 aromatic carbocycles. The van der Waals surface area contributed by atoms with Crippen molar-refractivity contribution in [2.75, 3.05) is 13.6 Å². The number of carbonyl (C=O) groups is 1. The van der Waals surface area contributed by atoms with Crippen molar-refractivity contribution in [1.29, 1.82) is 0 Å². The van der Waals surface area contributed by atoms with Gasteiger partial charge in [-0.2, -0.15) is 0 Å². The monoisotopic (exact) mass is 269 g/mol. The summed E-state index contributed by atoms with van der Waals surface area (Å²) in [5, 5.41) is 19.8. The van der Waals surface area contributed by atoms with Crippen LogP contribution in [0.25, 0.3) is 0 Å². The molecular weight excluding hydrogens is 242 g/mol. The average Bonchev–Trinajstić information content (AvgIpc) is 2.76. The van der Waals surface area contributed by atoms with Gasteiger partial charge in [-0.3, -0.25) is 9.69 Å². The number of rotatable bonds is 5. The van der Waals surface area contributed by atoms with E-state index in [2.05, 4.69) is 4.90 Å².